The van der Waals surface area contributed by atoms with E-state index >= 15 is 0 Å². The molecule has 4 nitrogen and oxygen atoms in total. The van der Waals surface area contributed by atoms with Crippen LogP contribution in [-0.4, -0.2) is 6.98 Å². The molecule has 14 rings (SSSR count). The zero-order valence-electron chi connectivity index (χ0n) is 35.6. The lowest BCUT2D eigenvalue weighted by atomic mass is 9.52. The summed E-state index contributed by atoms with van der Waals surface area (Å²) in [5, 5.41) is 3.34. The van der Waals surface area contributed by atoms with Crippen molar-refractivity contribution in [2.75, 3.05) is 9.62 Å². The Morgan fingerprint density at radius 2 is 1.55 bits per heavy atom. The maximum Gasteiger partial charge on any atom is 0.421 e. The van der Waals surface area contributed by atoms with Gasteiger partial charge >= 0.3 is 6.98 Å². The van der Waals surface area contributed by atoms with E-state index in [0.717, 1.165) is 74.0 Å². The van der Waals surface area contributed by atoms with Gasteiger partial charge in [0.1, 0.15) is 22.5 Å². The number of rotatable bonds is 3. The Kier molecular flexibility index (Phi) is 8.17. The second-order valence-electron chi connectivity index (χ2n) is 17.4. The fourth-order valence-electron chi connectivity index (χ4n) is 11.2. The molecule has 0 unspecified atom stereocenters. The summed E-state index contributed by atoms with van der Waals surface area (Å²) in [6.45, 7) is 7.05. The predicted molar refractivity (Wildman–Crippen MR) is 276 cm³/mol. The van der Waals surface area contributed by atoms with Gasteiger partial charge in [-0.2, -0.15) is 0 Å². The van der Waals surface area contributed by atoms with Crippen LogP contribution < -0.4 is 15.1 Å². The second kappa shape index (κ2) is 14.2. The van der Waals surface area contributed by atoms with Gasteiger partial charge in [0.05, 0.1) is 5.69 Å². The van der Waals surface area contributed by atoms with Gasteiger partial charge in [-0.25, -0.2) is 0 Å². The van der Waals surface area contributed by atoms with Crippen LogP contribution in [0, 0.1) is 0 Å². The van der Waals surface area contributed by atoms with Crippen molar-refractivity contribution in [3.63, 3.8) is 0 Å². The summed E-state index contributed by atoms with van der Waals surface area (Å²) in [6, 6.07) is 44.2. The summed E-state index contributed by atoms with van der Waals surface area (Å²) >= 11 is 3.85. The number of hydrogen-bond donors (Lipinski definition) is 0. The minimum Gasteiger partial charge on any atom is -0.456 e. The molecule has 6 heterocycles. The van der Waals surface area contributed by atoms with Crippen molar-refractivity contribution < 1.29 is 8.83 Å². The number of fused-ring (bicyclic) bond motifs is 13. The van der Waals surface area contributed by atoms with E-state index in [-0.39, 0.29) is 6.98 Å². The maximum atomic E-state index is 6.53. The summed E-state index contributed by atoms with van der Waals surface area (Å²) in [6.07, 6.45) is 19.8. The van der Waals surface area contributed by atoms with Crippen LogP contribution in [0.5, 0.6) is 0 Å². The molecule has 0 atom stereocenters. The smallest absolute Gasteiger partial charge is 0.421 e. The lowest BCUT2D eigenvalue weighted by Crippen LogP contribution is -2.65. The zero-order chi connectivity index (χ0) is 42.9. The van der Waals surface area contributed by atoms with E-state index in [1.54, 1.807) is 0 Å². The minimum atomic E-state index is -0.147. The first kappa shape index (κ1) is 37.3. The van der Waals surface area contributed by atoms with Gasteiger partial charge in [-0.05, 0) is 112 Å². The molecular weight excluding hydrogens is 832 g/mol. The molecular formula is C58H39BN2O2S2. The molecule has 0 spiro atoms. The van der Waals surface area contributed by atoms with Crippen LogP contribution in [0.1, 0.15) is 53.3 Å². The molecule has 0 saturated carbocycles. The minimum absolute atomic E-state index is 0.147. The first-order chi connectivity index (χ1) is 32.1. The van der Waals surface area contributed by atoms with Gasteiger partial charge in [0, 0.05) is 76.8 Å². The molecule has 0 radical (unpaired) electrons. The quantitative estimate of drug-likeness (QED) is 0.165. The monoisotopic (exact) mass is 870 g/mol. The number of hydrogen-bond acceptors (Lipinski definition) is 6. The van der Waals surface area contributed by atoms with E-state index in [9.17, 15) is 0 Å². The maximum absolute atomic E-state index is 6.53. The van der Waals surface area contributed by atoms with Crippen LogP contribution in [0.15, 0.2) is 205 Å². The van der Waals surface area contributed by atoms with Gasteiger partial charge in [0.15, 0.2) is 0 Å². The van der Waals surface area contributed by atoms with E-state index in [0.29, 0.717) is 0 Å². The van der Waals surface area contributed by atoms with Gasteiger partial charge in [-0.3, -0.25) is 0 Å². The van der Waals surface area contributed by atoms with E-state index in [1.807, 2.05) is 29.6 Å². The first-order valence-electron chi connectivity index (χ1n) is 22.4. The highest BCUT2D eigenvalue weighted by Gasteiger charge is 2.51. The Morgan fingerprint density at radius 1 is 0.754 bits per heavy atom. The number of benzene rings is 6. The number of para-hydroxylation sites is 3. The summed E-state index contributed by atoms with van der Waals surface area (Å²) in [4.78, 5) is 9.25. The molecule has 308 valence electrons. The number of allylic oxidation sites excluding steroid dienone is 10. The van der Waals surface area contributed by atoms with Crippen LogP contribution in [0.3, 0.4) is 0 Å². The first-order valence-corrected chi connectivity index (χ1v) is 24.2. The van der Waals surface area contributed by atoms with Crippen molar-refractivity contribution in [1.82, 2.24) is 0 Å². The van der Waals surface area contributed by atoms with Gasteiger partial charge in [0.2, 0.25) is 0 Å². The van der Waals surface area contributed by atoms with Crippen molar-refractivity contribution in [2.24, 2.45) is 0 Å². The van der Waals surface area contributed by atoms with E-state index in [1.165, 1.54) is 81.9 Å². The molecule has 2 aliphatic carbocycles. The average molecular weight is 871 g/mol. The molecule has 6 aliphatic rings. The molecule has 0 amide bonds. The van der Waals surface area contributed by atoms with E-state index < -0.39 is 0 Å². The van der Waals surface area contributed by atoms with Crippen LogP contribution in [0.4, 0.5) is 11.4 Å². The predicted octanol–water partition coefficient (Wildman–Crippen LogP) is 15.3. The molecule has 65 heavy (non-hydrogen) atoms. The lowest BCUT2D eigenvalue weighted by molar-refractivity contribution is 0.603. The molecule has 0 bridgehead atoms. The highest BCUT2D eigenvalue weighted by Crippen LogP contribution is 2.57. The standard InChI is InChI=1S/C58H39BN2O2S2/c1-34(38-20-15-28-51-54(38)42-18-8-11-25-48(42)63-51)30-44-40-21-14-22-41-45-31-37(39-17-7-13-27-50-55(39)43-19-9-12-26-49(43)62-50)32-53-58(45)61(47-24-4-3-5-29-52(47)65-53)59(56(40)41)60-46-23-10-6-16-36(46)33-64-35(2)57(44)60/h3-6,8-23,25-32H,1,7,24,33H2,2H3/b44-30-. The second-order valence-corrected chi connectivity index (χ2v) is 19.7. The van der Waals surface area contributed by atoms with Crippen LogP contribution in [0.2, 0.25) is 0 Å². The molecule has 0 saturated heterocycles. The Labute approximate surface area is 386 Å². The van der Waals surface area contributed by atoms with Crippen LogP contribution in [-0.2, 0) is 5.75 Å². The molecule has 4 aliphatic heterocycles. The van der Waals surface area contributed by atoms with Crippen molar-refractivity contribution in [2.45, 2.75) is 30.4 Å². The Hall–Kier alpha value is -7.06. The third kappa shape index (κ3) is 5.43. The highest BCUT2D eigenvalue weighted by atomic mass is 32.2. The fourth-order valence-corrected chi connectivity index (χ4v) is 13.3. The van der Waals surface area contributed by atoms with Crippen molar-refractivity contribution in [3.8, 4) is 11.1 Å². The third-order valence-electron chi connectivity index (χ3n) is 13.9. The number of anilines is 2. The Bertz CT molecular complexity index is 3700. The Balaban J connectivity index is 1.06. The van der Waals surface area contributed by atoms with Crippen LogP contribution in [0.25, 0.3) is 66.8 Å². The van der Waals surface area contributed by atoms with Crippen molar-refractivity contribution in [3.05, 3.63) is 225 Å². The third-order valence-corrected chi connectivity index (χ3v) is 16.1. The highest BCUT2D eigenvalue weighted by molar-refractivity contribution is 8.03. The van der Waals surface area contributed by atoms with E-state index in [2.05, 4.69) is 180 Å². The Morgan fingerprint density at radius 3 is 2.48 bits per heavy atom. The lowest BCUT2D eigenvalue weighted by Gasteiger charge is -2.51. The van der Waals surface area contributed by atoms with Crippen molar-refractivity contribution in [1.29, 1.82) is 0 Å². The summed E-state index contributed by atoms with van der Waals surface area (Å²) in [7, 11) is 0. The molecule has 0 N–H and O–H groups in total. The number of thioether (sulfide) groups is 2. The van der Waals surface area contributed by atoms with Crippen LogP contribution >= 0.6 is 23.5 Å². The van der Waals surface area contributed by atoms with Gasteiger partial charge < -0.3 is 18.5 Å². The van der Waals surface area contributed by atoms with Gasteiger partial charge in [-0.15, -0.1) is 11.8 Å². The number of nitrogens with zero attached hydrogens (tertiary/aromatic N) is 2. The average Bonchev–Trinajstić information content (AvgIpc) is 3.63. The van der Waals surface area contributed by atoms with Crippen molar-refractivity contribution >= 4 is 103 Å². The molecule has 2 aromatic heterocycles. The number of furan rings is 2. The van der Waals surface area contributed by atoms with Gasteiger partial charge in [0.25, 0.3) is 0 Å². The summed E-state index contributed by atoms with van der Waals surface area (Å²) < 4.78 is 12.9. The molecule has 6 aromatic carbocycles. The molecule has 7 heteroatoms. The summed E-state index contributed by atoms with van der Waals surface area (Å²) in [5.41, 5.74) is 20.9. The SMILES string of the molecule is C=C(/C=C1\C2=C(C)SCc3ccccc3N2B2c3c1cccc3-c1cc(C3=CCC=Cc4oc5ccccc5c43)cc3c1N2C1=C(C=CC=CC1)S3)c1cccc2oc3ccccc3c12. The molecule has 8 aromatic rings. The normalized spacial score (nSPS) is 17.4. The van der Waals surface area contributed by atoms with Gasteiger partial charge in [-0.1, -0.05) is 134 Å². The fraction of sp³-hybridized carbons (Fsp3) is 0.0690. The zero-order valence-corrected chi connectivity index (χ0v) is 37.2. The topological polar surface area (TPSA) is 32.8 Å². The summed E-state index contributed by atoms with van der Waals surface area (Å²) in [5.74, 6) is 1.80. The van der Waals surface area contributed by atoms with E-state index in [4.69, 9.17) is 15.4 Å². The molecule has 0 fully saturated rings. The largest absolute Gasteiger partial charge is 0.456 e.